The highest BCUT2D eigenvalue weighted by Crippen LogP contribution is 2.27. The molecule has 124 valence electrons. The second kappa shape index (κ2) is 6.19. The minimum Gasteiger partial charge on any atom is -0.356 e. The third-order valence-electron chi connectivity index (χ3n) is 4.43. The molecule has 1 saturated heterocycles. The third-order valence-corrected chi connectivity index (χ3v) is 4.43. The summed E-state index contributed by atoms with van der Waals surface area (Å²) >= 11 is 0. The fourth-order valence-electron chi connectivity index (χ4n) is 2.93. The van der Waals surface area contributed by atoms with Crippen LogP contribution in [-0.2, 0) is 0 Å². The van der Waals surface area contributed by atoms with Crippen molar-refractivity contribution in [3.8, 4) is 11.4 Å². The first-order chi connectivity index (χ1) is 11.7. The van der Waals surface area contributed by atoms with Gasteiger partial charge in [-0.15, -0.1) is 0 Å². The number of nitrogens with zero attached hydrogens (tertiary/aromatic N) is 3. The number of aromatic nitrogens is 2. The zero-order valence-corrected chi connectivity index (χ0v) is 13.3. The summed E-state index contributed by atoms with van der Waals surface area (Å²) in [5.41, 5.74) is 1.26. The summed E-state index contributed by atoms with van der Waals surface area (Å²) in [6.07, 6.45) is 5.87. The van der Waals surface area contributed by atoms with Gasteiger partial charge in [-0.25, -0.2) is 14.4 Å². The van der Waals surface area contributed by atoms with Gasteiger partial charge in [0.25, 0.3) is 5.91 Å². The average Bonchev–Trinajstić information content (AvgIpc) is 3.24. The number of nitrogens with one attached hydrogen (secondary N) is 1. The highest BCUT2D eigenvalue weighted by molar-refractivity contribution is 5.99. The van der Waals surface area contributed by atoms with Crippen LogP contribution in [0.25, 0.3) is 11.4 Å². The molecule has 0 radical (unpaired) electrons. The van der Waals surface area contributed by atoms with E-state index in [4.69, 9.17) is 0 Å². The second-order valence-electron chi connectivity index (χ2n) is 6.38. The van der Waals surface area contributed by atoms with E-state index in [2.05, 4.69) is 20.2 Å². The molecule has 2 aromatic rings. The molecule has 1 aromatic carbocycles. The van der Waals surface area contributed by atoms with Crippen molar-refractivity contribution in [3.63, 3.8) is 0 Å². The Morgan fingerprint density at radius 3 is 2.54 bits per heavy atom. The summed E-state index contributed by atoms with van der Waals surface area (Å²) in [5.74, 6) is 0.795. The molecule has 0 atom stereocenters. The Labute approximate surface area is 139 Å². The molecule has 1 N–H and O–H groups in total. The maximum Gasteiger partial charge on any atom is 0.256 e. The van der Waals surface area contributed by atoms with E-state index in [0.29, 0.717) is 23.2 Å². The molecule has 5 nitrogen and oxygen atoms in total. The van der Waals surface area contributed by atoms with Crippen molar-refractivity contribution >= 4 is 11.7 Å². The predicted molar refractivity (Wildman–Crippen MR) is 89.4 cm³/mol. The van der Waals surface area contributed by atoms with Gasteiger partial charge in [-0.1, -0.05) is 0 Å². The van der Waals surface area contributed by atoms with Crippen molar-refractivity contribution in [3.05, 3.63) is 41.8 Å². The number of halogens is 1. The van der Waals surface area contributed by atoms with Crippen LogP contribution in [0.4, 0.5) is 10.2 Å². The topological polar surface area (TPSA) is 58.1 Å². The van der Waals surface area contributed by atoms with E-state index in [0.717, 1.165) is 44.3 Å². The summed E-state index contributed by atoms with van der Waals surface area (Å²) in [5, 5.41) is 3.01. The minimum absolute atomic E-state index is 0.106. The SMILES string of the molecule is O=C(NC1CC1)c1cnc(-c2ccc(F)cc2)nc1N1CCCC1. The van der Waals surface area contributed by atoms with Gasteiger partial charge in [0.15, 0.2) is 5.82 Å². The van der Waals surface area contributed by atoms with Gasteiger partial charge in [0.1, 0.15) is 17.2 Å². The van der Waals surface area contributed by atoms with Gasteiger partial charge in [0, 0.05) is 30.9 Å². The third kappa shape index (κ3) is 3.09. The molecule has 0 unspecified atom stereocenters. The molecule has 1 saturated carbocycles. The quantitative estimate of drug-likeness (QED) is 0.938. The van der Waals surface area contributed by atoms with Crippen LogP contribution >= 0.6 is 0 Å². The van der Waals surface area contributed by atoms with Crippen LogP contribution in [0.15, 0.2) is 30.5 Å². The average molecular weight is 326 g/mol. The molecule has 2 fully saturated rings. The maximum atomic E-state index is 13.1. The summed E-state index contributed by atoms with van der Waals surface area (Å²) in [6.45, 7) is 1.78. The van der Waals surface area contributed by atoms with Crippen molar-refractivity contribution in [2.75, 3.05) is 18.0 Å². The lowest BCUT2D eigenvalue weighted by atomic mass is 10.2. The molecule has 1 aromatic heterocycles. The van der Waals surface area contributed by atoms with Gasteiger partial charge in [-0.2, -0.15) is 0 Å². The molecule has 1 aliphatic carbocycles. The number of carbonyl (C=O) groups excluding carboxylic acids is 1. The lowest BCUT2D eigenvalue weighted by molar-refractivity contribution is 0.0951. The molecule has 1 aliphatic heterocycles. The monoisotopic (exact) mass is 326 g/mol. The van der Waals surface area contributed by atoms with E-state index in [1.807, 2.05) is 0 Å². The standard InChI is InChI=1S/C18H19FN4O/c19-13-5-3-12(4-6-13)16-20-11-15(18(24)21-14-7-8-14)17(22-16)23-9-1-2-10-23/h3-6,11,14H,1-2,7-10H2,(H,21,24). The van der Waals surface area contributed by atoms with Gasteiger partial charge in [-0.3, -0.25) is 4.79 Å². The van der Waals surface area contributed by atoms with Crippen LogP contribution < -0.4 is 10.2 Å². The lowest BCUT2D eigenvalue weighted by Crippen LogP contribution is -2.30. The lowest BCUT2D eigenvalue weighted by Gasteiger charge is -2.20. The summed E-state index contributed by atoms with van der Waals surface area (Å²) in [4.78, 5) is 23.6. The number of carbonyl (C=O) groups is 1. The molecular weight excluding hydrogens is 307 g/mol. The van der Waals surface area contributed by atoms with Crippen molar-refractivity contribution in [1.29, 1.82) is 0 Å². The van der Waals surface area contributed by atoms with Crippen LogP contribution in [0.3, 0.4) is 0 Å². The smallest absolute Gasteiger partial charge is 0.256 e. The van der Waals surface area contributed by atoms with Gasteiger partial charge in [-0.05, 0) is 49.9 Å². The zero-order chi connectivity index (χ0) is 16.5. The van der Waals surface area contributed by atoms with Crippen LogP contribution in [0.1, 0.15) is 36.0 Å². The van der Waals surface area contributed by atoms with Gasteiger partial charge >= 0.3 is 0 Å². The van der Waals surface area contributed by atoms with Gasteiger partial charge in [0.05, 0.1) is 0 Å². The predicted octanol–water partition coefficient (Wildman–Crippen LogP) is 2.78. The van der Waals surface area contributed by atoms with Gasteiger partial charge < -0.3 is 10.2 Å². The fourth-order valence-corrected chi connectivity index (χ4v) is 2.93. The number of amides is 1. The van der Waals surface area contributed by atoms with E-state index >= 15 is 0 Å². The first-order valence-electron chi connectivity index (χ1n) is 8.39. The fraction of sp³-hybridized carbons (Fsp3) is 0.389. The van der Waals surface area contributed by atoms with Crippen molar-refractivity contribution in [1.82, 2.24) is 15.3 Å². The molecule has 1 amide bonds. The number of anilines is 1. The Hall–Kier alpha value is -2.50. The second-order valence-corrected chi connectivity index (χ2v) is 6.38. The highest BCUT2D eigenvalue weighted by atomic mass is 19.1. The van der Waals surface area contributed by atoms with E-state index in [1.165, 1.54) is 12.1 Å². The first-order valence-corrected chi connectivity index (χ1v) is 8.39. The van der Waals surface area contributed by atoms with Crippen LogP contribution in [0.2, 0.25) is 0 Å². The molecule has 6 heteroatoms. The Morgan fingerprint density at radius 1 is 1.17 bits per heavy atom. The van der Waals surface area contributed by atoms with Crippen LogP contribution in [0.5, 0.6) is 0 Å². The largest absolute Gasteiger partial charge is 0.356 e. The zero-order valence-electron chi connectivity index (χ0n) is 13.3. The molecular formula is C18H19FN4O. The van der Waals surface area contributed by atoms with Crippen LogP contribution in [-0.4, -0.2) is 35.0 Å². The Bertz CT molecular complexity index is 752. The van der Waals surface area contributed by atoms with E-state index in [9.17, 15) is 9.18 Å². The molecule has 2 heterocycles. The number of hydrogen-bond acceptors (Lipinski definition) is 4. The highest BCUT2D eigenvalue weighted by Gasteiger charge is 2.27. The summed E-state index contributed by atoms with van der Waals surface area (Å²) < 4.78 is 13.1. The van der Waals surface area contributed by atoms with Crippen molar-refractivity contribution < 1.29 is 9.18 Å². The van der Waals surface area contributed by atoms with Crippen molar-refractivity contribution in [2.45, 2.75) is 31.7 Å². The summed E-state index contributed by atoms with van der Waals surface area (Å²) in [6, 6.07) is 6.38. The van der Waals surface area contributed by atoms with Crippen LogP contribution in [0, 0.1) is 5.82 Å². The molecule has 0 spiro atoms. The first kappa shape index (κ1) is 15.1. The normalized spacial score (nSPS) is 17.1. The number of benzene rings is 1. The Morgan fingerprint density at radius 2 is 1.88 bits per heavy atom. The van der Waals surface area contributed by atoms with E-state index < -0.39 is 0 Å². The Kier molecular flexibility index (Phi) is 3.88. The molecule has 2 aliphatic rings. The Balaban J connectivity index is 1.70. The number of rotatable bonds is 4. The van der Waals surface area contributed by atoms with E-state index in [-0.39, 0.29) is 11.7 Å². The minimum atomic E-state index is -0.293. The molecule has 4 rings (SSSR count). The van der Waals surface area contributed by atoms with E-state index in [1.54, 1.807) is 18.3 Å². The number of hydrogen-bond donors (Lipinski definition) is 1. The maximum absolute atomic E-state index is 13.1. The summed E-state index contributed by atoms with van der Waals surface area (Å²) in [7, 11) is 0. The molecule has 0 bridgehead atoms. The van der Waals surface area contributed by atoms with Gasteiger partial charge in [0.2, 0.25) is 0 Å². The van der Waals surface area contributed by atoms with Crippen molar-refractivity contribution in [2.24, 2.45) is 0 Å². The molecule has 24 heavy (non-hydrogen) atoms.